The number of nitrogens with one attached hydrogen (secondary N) is 1. The Morgan fingerprint density at radius 2 is 1.74 bits per heavy atom. The van der Waals surface area contributed by atoms with E-state index in [9.17, 15) is 9.59 Å². The van der Waals surface area contributed by atoms with Gasteiger partial charge in [0.1, 0.15) is 0 Å². The number of hydrogen-bond acceptors (Lipinski definition) is 3. The summed E-state index contributed by atoms with van der Waals surface area (Å²) in [6, 6.07) is 13.1. The average molecular weight is 362 g/mol. The first-order valence-corrected chi connectivity index (χ1v) is 9.92. The second-order valence-electron chi connectivity index (χ2n) is 7.77. The Morgan fingerprint density at radius 1 is 1.04 bits per heavy atom. The third kappa shape index (κ3) is 3.67. The van der Waals surface area contributed by atoms with Gasteiger partial charge in [0, 0.05) is 23.2 Å². The Morgan fingerprint density at radius 3 is 2.52 bits per heavy atom. The number of amides is 1. The van der Waals surface area contributed by atoms with Crippen molar-refractivity contribution in [2.45, 2.75) is 26.2 Å². The number of carbonyl (C=O) groups excluding carboxylic acids is 2. The van der Waals surface area contributed by atoms with Gasteiger partial charge in [0.15, 0.2) is 5.78 Å². The lowest BCUT2D eigenvalue weighted by Gasteiger charge is -2.30. The minimum absolute atomic E-state index is 0.00887. The fraction of sp³-hybridized carbons (Fsp3) is 0.391. The maximum Gasteiger partial charge on any atom is 0.251 e. The molecule has 27 heavy (non-hydrogen) atoms. The zero-order chi connectivity index (χ0) is 18.8. The second-order valence-corrected chi connectivity index (χ2v) is 7.77. The minimum atomic E-state index is -0.103. The van der Waals surface area contributed by atoms with Crippen LogP contribution in [-0.2, 0) is 0 Å². The maximum absolute atomic E-state index is 12.6. The molecule has 4 heteroatoms. The lowest BCUT2D eigenvalue weighted by atomic mass is 9.99. The molecule has 0 atom stereocenters. The molecule has 0 unspecified atom stereocenters. The van der Waals surface area contributed by atoms with Crippen molar-refractivity contribution in [3.8, 4) is 11.1 Å². The van der Waals surface area contributed by atoms with E-state index in [4.69, 9.17) is 0 Å². The van der Waals surface area contributed by atoms with Crippen molar-refractivity contribution in [2.24, 2.45) is 5.92 Å². The minimum Gasteiger partial charge on any atom is -0.352 e. The lowest BCUT2D eigenvalue weighted by Crippen LogP contribution is -2.35. The molecule has 1 N–H and O–H groups in total. The highest BCUT2D eigenvalue weighted by atomic mass is 16.1. The van der Waals surface area contributed by atoms with Gasteiger partial charge in [0.25, 0.3) is 5.91 Å². The van der Waals surface area contributed by atoms with E-state index in [1.165, 1.54) is 25.9 Å². The molecule has 2 aromatic carbocycles. The highest BCUT2D eigenvalue weighted by molar-refractivity contribution is 6.22. The number of fused-ring (bicyclic) bond motifs is 3. The Labute approximate surface area is 160 Å². The summed E-state index contributed by atoms with van der Waals surface area (Å²) in [7, 11) is 0. The van der Waals surface area contributed by atoms with Crippen LogP contribution in [0, 0.1) is 5.92 Å². The van der Waals surface area contributed by atoms with Gasteiger partial charge < -0.3 is 10.2 Å². The highest BCUT2D eigenvalue weighted by Gasteiger charge is 2.27. The molecule has 0 aromatic heterocycles. The number of likely N-dealkylation sites (tertiary alicyclic amines) is 1. The van der Waals surface area contributed by atoms with E-state index in [2.05, 4.69) is 17.1 Å². The Balaban J connectivity index is 1.33. The number of rotatable bonds is 5. The summed E-state index contributed by atoms with van der Waals surface area (Å²) in [5, 5.41) is 3.00. The molecule has 1 aliphatic carbocycles. The van der Waals surface area contributed by atoms with Crippen LogP contribution in [0.5, 0.6) is 0 Å². The standard InChI is InChI=1S/C23H26N2O2/c1-16-9-13-25(14-10-16)12-4-11-24-23(27)17-7-8-19-18-5-2-3-6-20(18)22(26)21(19)15-17/h2-3,5-8,15-16H,4,9-14H2,1H3,(H,24,27). The summed E-state index contributed by atoms with van der Waals surface area (Å²) in [6.07, 6.45) is 3.51. The van der Waals surface area contributed by atoms with Crippen molar-refractivity contribution in [2.75, 3.05) is 26.2 Å². The number of piperidine rings is 1. The van der Waals surface area contributed by atoms with E-state index in [0.29, 0.717) is 17.7 Å². The Hall–Kier alpha value is -2.46. The largest absolute Gasteiger partial charge is 0.352 e. The van der Waals surface area contributed by atoms with Crippen molar-refractivity contribution in [3.63, 3.8) is 0 Å². The van der Waals surface area contributed by atoms with Gasteiger partial charge >= 0.3 is 0 Å². The summed E-state index contributed by atoms with van der Waals surface area (Å²) in [6.45, 7) is 6.35. The van der Waals surface area contributed by atoms with Crippen LogP contribution in [0.25, 0.3) is 11.1 Å². The molecule has 140 valence electrons. The van der Waals surface area contributed by atoms with Crippen LogP contribution >= 0.6 is 0 Å². The molecular formula is C23H26N2O2. The van der Waals surface area contributed by atoms with Gasteiger partial charge in [0.2, 0.25) is 0 Å². The van der Waals surface area contributed by atoms with Crippen LogP contribution in [0.2, 0.25) is 0 Å². The molecule has 2 aromatic rings. The second kappa shape index (κ2) is 7.65. The van der Waals surface area contributed by atoms with Gasteiger partial charge in [-0.25, -0.2) is 0 Å². The Kier molecular flexibility index (Phi) is 5.08. The summed E-state index contributed by atoms with van der Waals surface area (Å²) in [5.41, 5.74) is 3.79. The van der Waals surface area contributed by atoms with Crippen LogP contribution in [0.3, 0.4) is 0 Å². The van der Waals surface area contributed by atoms with Gasteiger partial charge in [-0.2, -0.15) is 0 Å². The first-order valence-electron chi connectivity index (χ1n) is 9.92. The summed E-state index contributed by atoms with van der Waals surface area (Å²) in [4.78, 5) is 27.5. The third-order valence-electron chi connectivity index (χ3n) is 5.80. The molecule has 0 spiro atoms. The van der Waals surface area contributed by atoms with Crippen molar-refractivity contribution < 1.29 is 9.59 Å². The molecule has 1 heterocycles. The predicted molar refractivity (Wildman–Crippen MR) is 107 cm³/mol. The van der Waals surface area contributed by atoms with E-state index in [0.717, 1.165) is 35.6 Å². The zero-order valence-corrected chi connectivity index (χ0v) is 15.8. The van der Waals surface area contributed by atoms with Crippen LogP contribution in [-0.4, -0.2) is 42.8 Å². The fourth-order valence-electron chi connectivity index (χ4n) is 4.06. The van der Waals surface area contributed by atoms with E-state index >= 15 is 0 Å². The van der Waals surface area contributed by atoms with Gasteiger partial charge in [-0.3, -0.25) is 9.59 Å². The van der Waals surface area contributed by atoms with Crippen molar-refractivity contribution in [1.29, 1.82) is 0 Å². The molecule has 0 radical (unpaired) electrons. The molecule has 4 rings (SSSR count). The van der Waals surface area contributed by atoms with Crippen molar-refractivity contribution in [1.82, 2.24) is 10.2 Å². The van der Waals surface area contributed by atoms with Gasteiger partial charge in [0.05, 0.1) is 0 Å². The van der Waals surface area contributed by atoms with Crippen LogP contribution in [0.15, 0.2) is 42.5 Å². The monoisotopic (exact) mass is 362 g/mol. The number of ketones is 1. The zero-order valence-electron chi connectivity index (χ0n) is 15.8. The normalized spacial score (nSPS) is 16.9. The Bertz CT molecular complexity index is 866. The van der Waals surface area contributed by atoms with Crippen LogP contribution < -0.4 is 5.32 Å². The number of hydrogen-bond donors (Lipinski definition) is 1. The highest BCUT2D eigenvalue weighted by Crippen LogP contribution is 2.36. The van der Waals surface area contributed by atoms with E-state index in [1.54, 1.807) is 6.07 Å². The van der Waals surface area contributed by atoms with Crippen molar-refractivity contribution in [3.05, 3.63) is 59.2 Å². The van der Waals surface area contributed by atoms with Crippen molar-refractivity contribution >= 4 is 11.7 Å². The SMILES string of the molecule is CC1CCN(CCCNC(=O)c2ccc3c(c2)C(=O)c2ccccc2-3)CC1. The number of carbonyl (C=O) groups is 2. The average Bonchev–Trinajstić information content (AvgIpc) is 2.99. The molecule has 0 saturated carbocycles. The summed E-state index contributed by atoms with van der Waals surface area (Å²) >= 11 is 0. The topological polar surface area (TPSA) is 49.4 Å². The van der Waals surface area contributed by atoms with Gasteiger partial charge in [-0.15, -0.1) is 0 Å². The molecule has 2 aliphatic rings. The van der Waals surface area contributed by atoms with E-state index < -0.39 is 0 Å². The summed E-state index contributed by atoms with van der Waals surface area (Å²) < 4.78 is 0. The van der Waals surface area contributed by atoms with Crippen LogP contribution in [0.4, 0.5) is 0 Å². The number of benzene rings is 2. The molecular weight excluding hydrogens is 336 g/mol. The van der Waals surface area contributed by atoms with Gasteiger partial charge in [-0.05, 0) is 68.1 Å². The molecule has 1 amide bonds. The quantitative estimate of drug-likeness (QED) is 0.703. The molecule has 1 aliphatic heterocycles. The first-order chi connectivity index (χ1) is 13.1. The number of nitrogens with zero attached hydrogens (tertiary/aromatic N) is 1. The molecule has 1 saturated heterocycles. The predicted octanol–water partition coefficient (Wildman–Crippen LogP) is 3.75. The van der Waals surface area contributed by atoms with Crippen LogP contribution in [0.1, 0.15) is 52.5 Å². The van der Waals surface area contributed by atoms with E-state index in [-0.39, 0.29) is 11.7 Å². The third-order valence-corrected chi connectivity index (χ3v) is 5.80. The van der Waals surface area contributed by atoms with E-state index in [1.807, 2.05) is 36.4 Å². The smallest absolute Gasteiger partial charge is 0.251 e. The maximum atomic E-state index is 12.6. The van der Waals surface area contributed by atoms with Gasteiger partial charge in [-0.1, -0.05) is 37.3 Å². The molecule has 1 fully saturated rings. The molecule has 4 nitrogen and oxygen atoms in total. The fourth-order valence-corrected chi connectivity index (χ4v) is 4.06. The first kappa shape index (κ1) is 17.9. The summed E-state index contributed by atoms with van der Waals surface area (Å²) in [5.74, 6) is 0.748. The lowest BCUT2D eigenvalue weighted by molar-refractivity contribution is 0.0950. The molecule has 0 bridgehead atoms.